The molecule has 3 heteroatoms. The van der Waals surface area contributed by atoms with Crippen LogP contribution in [0.1, 0.15) is 10.4 Å². The van der Waals surface area contributed by atoms with Crippen molar-refractivity contribution in [3.05, 3.63) is 33.4 Å². The molecule has 0 unspecified atom stereocenters. The number of carbonyl (C=O) groups excluding carboxylic acids is 1. The monoisotopic (exact) mass is 261 g/mol. The van der Waals surface area contributed by atoms with E-state index in [-0.39, 0.29) is 12.3 Å². The highest BCUT2D eigenvalue weighted by Gasteiger charge is 2.05. The fraction of sp³-hybridized carbons (Fsp3) is 0.125. The zero-order valence-electron chi connectivity index (χ0n) is 5.88. The molecule has 0 saturated carbocycles. The molecule has 0 amide bonds. The van der Waals surface area contributed by atoms with Crippen molar-refractivity contribution in [3.63, 3.8) is 0 Å². The minimum atomic E-state index is -0.00463. The van der Waals surface area contributed by atoms with Gasteiger partial charge in [-0.2, -0.15) is 0 Å². The molecule has 0 heterocycles. The van der Waals surface area contributed by atoms with Crippen molar-refractivity contribution >= 4 is 28.4 Å². The zero-order valence-corrected chi connectivity index (χ0v) is 8.04. The number of hydrogen-bond acceptors (Lipinski definition) is 2. The quantitative estimate of drug-likeness (QED) is 0.646. The summed E-state index contributed by atoms with van der Waals surface area (Å²) in [4.78, 5) is 11.1. The molecule has 0 aromatic heterocycles. The normalized spacial score (nSPS) is 9.64. The van der Waals surface area contributed by atoms with Crippen molar-refractivity contribution < 1.29 is 4.79 Å². The Hall–Kier alpha value is -0.420. The van der Waals surface area contributed by atoms with Crippen LogP contribution in [0.25, 0.3) is 0 Å². The molecule has 0 aliphatic rings. The largest absolute Gasteiger partial charge is 0.324 e. The second-order valence-electron chi connectivity index (χ2n) is 2.11. The molecule has 0 aliphatic carbocycles. The van der Waals surface area contributed by atoms with Gasteiger partial charge in [-0.3, -0.25) is 4.79 Å². The third-order valence-electron chi connectivity index (χ3n) is 1.36. The van der Waals surface area contributed by atoms with E-state index >= 15 is 0 Å². The molecule has 2 nitrogen and oxygen atoms in total. The Labute approximate surface area is 78.9 Å². The van der Waals surface area contributed by atoms with E-state index in [0.29, 0.717) is 0 Å². The van der Waals surface area contributed by atoms with E-state index in [0.717, 1.165) is 9.13 Å². The third kappa shape index (κ3) is 2.00. The second-order valence-corrected chi connectivity index (χ2v) is 3.27. The molecule has 0 saturated heterocycles. The van der Waals surface area contributed by atoms with E-state index in [1.54, 1.807) is 6.07 Å². The van der Waals surface area contributed by atoms with Crippen LogP contribution in [0.2, 0.25) is 0 Å². The van der Waals surface area contributed by atoms with Gasteiger partial charge < -0.3 is 5.73 Å². The van der Waals surface area contributed by atoms with Crippen LogP contribution in [-0.4, -0.2) is 12.3 Å². The predicted octanol–water partition coefficient (Wildman–Crippen LogP) is 1.43. The van der Waals surface area contributed by atoms with Gasteiger partial charge in [-0.1, -0.05) is 18.2 Å². The Morgan fingerprint density at radius 3 is 2.64 bits per heavy atom. The van der Waals surface area contributed by atoms with Gasteiger partial charge in [0, 0.05) is 9.13 Å². The van der Waals surface area contributed by atoms with Crippen LogP contribution in [0.5, 0.6) is 0 Å². The Bertz CT molecular complexity index is 273. The second kappa shape index (κ2) is 3.82. The predicted molar refractivity (Wildman–Crippen MR) is 52.5 cm³/mol. The van der Waals surface area contributed by atoms with E-state index in [1.807, 2.05) is 18.2 Å². The minimum absolute atomic E-state index is 0.00463. The Kier molecular flexibility index (Phi) is 3.02. The average Bonchev–Trinajstić information content (AvgIpc) is 2.04. The molecule has 1 aromatic carbocycles. The number of nitrogens with two attached hydrogens (primary N) is 1. The summed E-state index contributed by atoms with van der Waals surface area (Å²) in [7, 11) is 0. The molecule has 1 aromatic rings. The van der Waals surface area contributed by atoms with Gasteiger partial charge in [0.2, 0.25) is 0 Å². The SMILES string of the molecule is NCC(=O)c1ccccc1I. The summed E-state index contributed by atoms with van der Waals surface area (Å²) in [6.45, 7) is 0.0833. The number of benzene rings is 1. The van der Waals surface area contributed by atoms with E-state index in [2.05, 4.69) is 22.6 Å². The first-order valence-electron chi connectivity index (χ1n) is 3.23. The van der Waals surface area contributed by atoms with Gasteiger partial charge in [-0.15, -0.1) is 0 Å². The summed E-state index contributed by atoms with van der Waals surface area (Å²) in [5, 5.41) is 0. The van der Waals surface area contributed by atoms with Gasteiger partial charge in [0.05, 0.1) is 6.54 Å². The number of ketones is 1. The summed E-state index contributed by atoms with van der Waals surface area (Å²) in [6.07, 6.45) is 0. The molecule has 0 aliphatic heterocycles. The molecule has 0 radical (unpaired) electrons. The van der Waals surface area contributed by atoms with Gasteiger partial charge in [0.1, 0.15) is 0 Å². The summed E-state index contributed by atoms with van der Waals surface area (Å²) in [5.41, 5.74) is 5.94. The molecule has 58 valence electrons. The Morgan fingerprint density at radius 2 is 2.09 bits per heavy atom. The summed E-state index contributed by atoms with van der Waals surface area (Å²) < 4.78 is 0.959. The van der Waals surface area contributed by atoms with Crippen molar-refractivity contribution in [3.8, 4) is 0 Å². The highest BCUT2D eigenvalue weighted by atomic mass is 127. The lowest BCUT2D eigenvalue weighted by Crippen LogP contribution is -2.14. The molecule has 11 heavy (non-hydrogen) atoms. The fourth-order valence-electron chi connectivity index (χ4n) is 0.797. The van der Waals surface area contributed by atoms with Crippen molar-refractivity contribution in [2.45, 2.75) is 0 Å². The minimum Gasteiger partial charge on any atom is -0.324 e. The number of rotatable bonds is 2. The van der Waals surface area contributed by atoms with Gasteiger partial charge in [-0.25, -0.2) is 0 Å². The maximum absolute atomic E-state index is 11.1. The summed E-state index contributed by atoms with van der Waals surface area (Å²) >= 11 is 2.12. The van der Waals surface area contributed by atoms with Crippen LogP contribution in [-0.2, 0) is 0 Å². The smallest absolute Gasteiger partial charge is 0.177 e. The van der Waals surface area contributed by atoms with Crippen LogP contribution in [0.3, 0.4) is 0 Å². The first-order valence-corrected chi connectivity index (χ1v) is 4.31. The van der Waals surface area contributed by atoms with Crippen molar-refractivity contribution in [2.75, 3.05) is 6.54 Å². The van der Waals surface area contributed by atoms with Crippen molar-refractivity contribution in [2.24, 2.45) is 5.73 Å². The standard InChI is InChI=1S/C8H8INO/c9-7-4-2-1-3-6(7)8(11)5-10/h1-4H,5,10H2. The van der Waals surface area contributed by atoms with E-state index in [9.17, 15) is 4.79 Å². The van der Waals surface area contributed by atoms with Gasteiger partial charge in [0.25, 0.3) is 0 Å². The molecule has 0 atom stereocenters. The fourth-order valence-corrected chi connectivity index (χ4v) is 1.49. The van der Waals surface area contributed by atoms with E-state index in [1.165, 1.54) is 0 Å². The molecular formula is C8H8INO. The zero-order chi connectivity index (χ0) is 8.27. The van der Waals surface area contributed by atoms with E-state index < -0.39 is 0 Å². The number of halogens is 1. The first kappa shape index (κ1) is 8.67. The lowest BCUT2D eigenvalue weighted by Gasteiger charge is -1.98. The van der Waals surface area contributed by atoms with Crippen molar-refractivity contribution in [1.82, 2.24) is 0 Å². The number of carbonyl (C=O) groups is 1. The third-order valence-corrected chi connectivity index (χ3v) is 2.30. The number of hydrogen-bond donors (Lipinski definition) is 1. The average molecular weight is 261 g/mol. The van der Waals surface area contributed by atoms with Gasteiger partial charge in [0.15, 0.2) is 5.78 Å². The topological polar surface area (TPSA) is 43.1 Å². The summed E-state index contributed by atoms with van der Waals surface area (Å²) in [6, 6.07) is 7.42. The molecular weight excluding hydrogens is 253 g/mol. The van der Waals surface area contributed by atoms with Crippen LogP contribution in [0.15, 0.2) is 24.3 Å². The molecule has 2 N–H and O–H groups in total. The highest BCUT2D eigenvalue weighted by molar-refractivity contribution is 14.1. The maximum Gasteiger partial charge on any atom is 0.177 e. The maximum atomic E-state index is 11.1. The van der Waals surface area contributed by atoms with Crippen LogP contribution in [0.4, 0.5) is 0 Å². The van der Waals surface area contributed by atoms with Gasteiger partial charge >= 0.3 is 0 Å². The van der Waals surface area contributed by atoms with Crippen LogP contribution in [0, 0.1) is 3.57 Å². The van der Waals surface area contributed by atoms with Crippen LogP contribution < -0.4 is 5.73 Å². The molecule has 0 spiro atoms. The first-order chi connectivity index (χ1) is 5.25. The Balaban J connectivity index is 3.03. The van der Waals surface area contributed by atoms with E-state index in [4.69, 9.17) is 5.73 Å². The Morgan fingerprint density at radius 1 is 1.45 bits per heavy atom. The van der Waals surface area contributed by atoms with Crippen molar-refractivity contribution in [1.29, 1.82) is 0 Å². The number of Topliss-reactive ketones (excluding diaryl/α,β-unsaturated/α-hetero) is 1. The summed E-state index contributed by atoms with van der Waals surface area (Å²) in [5.74, 6) is -0.00463. The molecule has 0 fully saturated rings. The van der Waals surface area contributed by atoms with Gasteiger partial charge in [-0.05, 0) is 28.7 Å². The van der Waals surface area contributed by atoms with Crippen LogP contribution >= 0.6 is 22.6 Å². The molecule has 0 bridgehead atoms. The lowest BCUT2D eigenvalue weighted by molar-refractivity contribution is 0.100. The molecule has 1 rings (SSSR count). The highest BCUT2D eigenvalue weighted by Crippen LogP contribution is 2.11. The lowest BCUT2D eigenvalue weighted by atomic mass is 10.1.